The summed E-state index contributed by atoms with van der Waals surface area (Å²) in [5.74, 6) is 0.0274. The molecule has 0 aliphatic heterocycles. The Labute approximate surface area is 140 Å². The van der Waals surface area contributed by atoms with E-state index in [0.29, 0.717) is 23.4 Å². The highest BCUT2D eigenvalue weighted by molar-refractivity contribution is 7.92. The molecule has 0 fully saturated rings. The molecule has 0 unspecified atom stereocenters. The van der Waals surface area contributed by atoms with E-state index in [2.05, 4.69) is 0 Å². The highest BCUT2D eigenvalue weighted by Crippen LogP contribution is 2.23. The number of benzene rings is 2. The Hall–Kier alpha value is -2.60. The van der Waals surface area contributed by atoms with E-state index in [9.17, 15) is 13.2 Å². The van der Waals surface area contributed by atoms with Crippen LogP contribution in [-0.2, 0) is 10.0 Å². The number of anilines is 1. The summed E-state index contributed by atoms with van der Waals surface area (Å²) in [5.41, 5.74) is 1.63. The molecule has 0 spiro atoms. The van der Waals surface area contributed by atoms with Crippen molar-refractivity contribution >= 4 is 32.5 Å². The molecule has 6 heteroatoms. The number of sulfonamides is 1. The summed E-state index contributed by atoms with van der Waals surface area (Å²) in [7, 11) is -3.34. The third kappa shape index (κ3) is 3.05. The molecule has 0 saturated heterocycles. The number of hydrogen-bond donors (Lipinski definition) is 0. The predicted octanol–water partition coefficient (Wildman–Crippen LogP) is 3.45. The van der Waals surface area contributed by atoms with Crippen LogP contribution < -0.4 is 4.31 Å². The molecule has 0 saturated carbocycles. The van der Waals surface area contributed by atoms with E-state index in [1.807, 2.05) is 18.2 Å². The molecule has 0 radical (unpaired) electrons. The zero-order valence-corrected chi connectivity index (χ0v) is 14.2. The van der Waals surface area contributed by atoms with Crippen LogP contribution in [0.1, 0.15) is 23.0 Å². The first-order valence-electron chi connectivity index (χ1n) is 7.51. The van der Waals surface area contributed by atoms with Crippen molar-refractivity contribution in [3.05, 3.63) is 65.9 Å². The normalized spacial score (nSPS) is 11.6. The van der Waals surface area contributed by atoms with Gasteiger partial charge < -0.3 is 4.42 Å². The third-order valence-electron chi connectivity index (χ3n) is 3.75. The van der Waals surface area contributed by atoms with Gasteiger partial charge in [0.15, 0.2) is 5.76 Å². The Morgan fingerprint density at radius 1 is 1.08 bits per heavy atom. The van der Waals surface area contributed by atoms with Crippen LogP contribution in [0.15, 0.2) is 59.0 Å². The second kappa shape index (κ2) is 6.13. The molecule has 0 aliphatic rings. The molecule has 0 N–H and O–H groups in total. The van der Waals surface area contributed by atoms with Crippen molar-refractivity contribution in [3.63, 3.8) is 0 Å². The highest BCUT2D eigenvalue weighted by atomic mass is 32.2. The summed E-state index contributed by atoms with van der Waals surface area (Å²) in [4.78, 5) is 12.5. The Morgan fingerprint density at radius 3 is 2.33 bits per heavy atom. The average Bonchev–Trinajstić information content (AvgIpc) is 2.98. The van der Waals surface area contributed by atoms with Crippen molar-refractivity contribution in [2.45, 2.75) is 6.92 Å². The molecule has 2 aromatic carbocycles. The van der Waals surface area contributed by atoms with Gasteiger partial charge in [-0.3, -0.25) is 9.10 Å². The molecule has 0 aliphatic carbocycles. The number of ketones is 1. The van der Waals surface area contributed by atoms with Gasteiger partial charge in [-0.2, -0.15) is 0 Å². The van der Waals surface area contributed by atoms with Crippen molar-refractivity contribution in [1.29, 1.82) is 0 Å². The summed E-state index contributed by atoms with van der Waals surface area (Å²) in [6, 6.07) is 15.6. The topological polar surface area (TPSA) is 67.6 Å². The number of carbonyl (C=O) groups is 1. The summed E-state index contributed by atoms with van der Waals surface area (Å²) in [6.45, 7) is 2.09. The monoisotopic (exact) mass is 343 g/mol. The molecule has 3 aromatic rings. The van der Waals surface area contributed by atoms with Gasteiger partial charge in [0, 0.05) is 17.5 Å². The summed E-state index contributed by atoms with van der Waals surface area (Å²) in [5, 5.41) is 0.867. The number of furan rings is 1. The molecule has 24 heavy (non-hydrogen) atoms. The van der Waals surface area contributed by atoms with Crippen molar-refractivity contribution in [2.24, 2.45) is 0 Å². The number of carbonyl (C=O) groups excluding carboxylic acids is 1. The van der Waals surface area contributed by atoms with Crippen LogP contribution in [0.5, 0.6) is 0 Å². The zero-order chi connectivity index (χ0) is 17.3. The quantitative estimate of drug-likeness (QED) is 0.666. The Kier molecular flexibility index (Phi) is 4.15. The fourth-order valence-electron chi connectivity index (χ4n) is 2.62. The third-order valence-corrected chi connectivity index (χ3v) is 5.02. The molecular formula is C18H17NO4S. The summed E-state index contributed by atoms with van der Waals surface area (Å²) >= 11 is 0. The minimum atomic E-state index is -3.34. The standard InChI is InChI=1S/C18H17NO4S/c1-3-19(24(2,21)22)15-10-8-13(9-11-15)18(20)17-12-14-6-4-5-7-16(14)23-17/h4-12H,3H2,1-2H3. The van der Waals surface area contributed by atoms with Gasteiger partial charge in [-0.25, -0.2) is 8.42 Å². The minimum Gasteiger partial charge on any atom is -0.453 e. The highest BCUT2D eigenvalue weighted by Gasteiger charge is 2.18. The molecule has 3 rings (SSSR count). The van der Waals surface area contributed by atoms with Crippen LogP contribution in [0.4, 0.5) is 5.69 Å². The number of fused-ring (bicyclic) bond motifs is 1. The molecule has 1 aromatic heterocycles. The fourth-order valence-corrected chi connectivity index (χ4v) is 3.60. The summed E-state index contributed by atoms with van der Waals surface area (Å²) < 4.78 is 30.4. The molecule has 1 heterocycles. The first-order chi connectivity index (χ1) is 11.4. The first-order valence-corrected chi connectivity index (χ1v) is 9.36. The van der Waals surface area contributed by atoms with E-state index in [4.69, 9.17) is 4.42 Å². The van der Waals surface area contributed by atoms with Gasteiger partial charge in [-0.1, -0.05) is 18.2 Å². The maximum absolute atomic E-state index is 12.5. The lowest BCUT2D eigenvalue weighted by Gasteiger charge is -2.20. The lowest BCUT2D eigenvalue weighted by molar-refractivity contribution is 0.101. The average molecular weight is 343 g/mol. The van der Waals surface area contributed by atoms with Gasteiger partial charge in [0.1, 0.15) is 5.58 Å². The van der Waals surface area contributed by atoms with Crippen LogP contribution in [0.2, 0.25) is 0 Å². The number of hydrogen-bond acceptors (Lipinski definition) is 4. The van der Waals surface area contributed by atoms with Gasteiger partial charge in [-0.15, -0.1) is 0 Å². The second-order valence-corrected chi connectivity index (χ2v) is 7.36. The van der Waals surface area contributed by atoms with Crippen molar-refractivity contribution in [2.75, 3.05) is 17.1 Å². The van der Waals surface area contributed by atoms with Gasteiger partial charge in [0.25, 0.3) is 0 Å². The predicted molar refractivity (Wildman–Crippen MR) is 94.0 cm³/mol. The van der Waals surface area contributed by atoms with Gasteiger partial charge in [0.2, 0.25) is 15.8 Å². The van der Waals surface area contributed by atoms with Gasteiger partial charge >= 0.3 is 0 Å². The molecule has 124 valence electrons. The maximum atomic E-state index is 12.5. The van der Waals surface area contributed by atoms with E-state index >= 15 is 0 Å². The van der Waals surface area contributed by atoms with Crippen LogP contribution in [0.25, 0.3) is 11.0 Å². The van der Waals surface area contributed by atoms with E-state index in [1.54, 1.807) is 43.3 Å². The second-order valence-electron chi connectivity index (χ2n) is 5.45. The number of nitrogens with zero attached hydrogens (tertiary/aromatic N) is 1. The Balaban J connectivity index is 1.91. The molecule has 0 bridgehead atoms. The zero-order valence-electron chi connectivity index (χ0n) is 13.4. The van der Waals surface area contributed by atoms with E-state index in [-0.39, 0.29) is 11.5 Å². The fraction of sp³-hybridized carbons (Fsp3) is 0.167. The van der Waals surface area contributed by atoms with Crippen LogP contribution in [0, 0.1) is 0 Å². The van der Waals surface area contributed by atoms with Crippen molar-refractivity contribution in [1.82, 2.24) is 0 Å². The minimum absolute atomic E-state index is 0.236. The van der Waals surface area contributed by atoms with E-state index < -0.39 is 10.0 Å². The largest absolute Gasteiger partial charge is 0.453 e. The van der Waals surface area contributed by atoms with E-state index in [1.165, 1.54) is 4.31 Å². The van der Waals surface area contributed by atoms with Crippen LogP contribution in [0.3, 0.4) is 0 Å². The lowest BCUT2D eigenvalue weighted by atomic mass is 10.1. The molecule has 0 amide bonds. The number of para-hydroxylation sites is 1. The first kappa shape index (κ1) is 16.3. The maximum Gasteiger partial charge on any atom is 0.232 e. The van der Waals surface area contributed by atoms with E-state index in [0.717, 1.165) is 11.6 Å². The molecule has 5 nitrogen and oxygen atoms in total. The summed E-state index contributed by atoms with van der Waals surface area (Å²) in [6.07, 6.45) is 1.16. The molecular weight excluding hydrogens is 326 g/mol. The number of rotatable bonds is 5. The van der Waals surface area contributed by atoms with Gasteiger partial charge in [-0.05, 0) is 43.3 Å². The smallest absolute Gasteiger partial charge is 0.232 e. The van der Waals surface area contributed by atoms with Crippen molar-refractivity contribution in [3.8, 4) is 0 Å². The van der Waals surface area contributed by atoms with Gasteiger partial charge in [0.05, 0.1) is 11.9 Å². The SMILES string of the molecule is CCN(c1ccc(C(=O)c2cc3ccccc3o2)cc1)S(C)(=O)=O. The lowest BCUT2D eigenvalue weighted by Crippen LogP contribution is -2.29. The van der Waals surface area contributed by atoms with Crippen molar-refractivity contribution < 1.29 is 17.6 Å². The molecule has 0 atom stereocenters. The van der Waals surface area contributed by atoms with Crippen LogP contribution >= 0.6 is 0 Å². The Bertz CT molecular complexity index is 954. The van der Waals surface area contributed by atoms with Crippen LogP contribution in [-0.4, -0.2) is 27.0 Å². The Morgan fingerprint density at radius 2 is 1.75 bits per heavy atom.